The zero-order valence-electron chi connectivity index (χ0n) is 21.3. The molecular formula is C37H24S. The smallest absolute Gasteiger partial charge is 0.0362 e. The van der Waals surface area contributed by atoms with E-state index in [0.717, 1.165) is 0 Å². The van der Waals surface area contributed by atoms with Crippen molar-refractivity contribution in [2.24, 2.45) is 0 Å². The van der Waals surface area contributed by atoms with Gasteiger partial charge in [-0.2, -0.15) is 0 Å². The first-order valence-electron chi connectivity index (χ1n) is 13.4. The molecule has 0 atom stereocenters. The standard InChI is InChI=1S/C37H24S/c1-37(2)32-14-8-7-13-25(32)28-18-30-29-17-27-24-12-6-5-11-23(24)26-16-15-21-9-3-4-10-22(21)36(26)31(27)19-34(29)38-35(30)20-33(28)37/h3-20H,1-2H3. The molecule has 8 aromatic rings. The van der Waals surface area contributed by atoms with Gasteiger partial charge in [0.15, 0.2) is 0 Å². The lowest BCUT2D eigenvalue weighted by Gasteiger charge is -2.21. The Hall–Kier alpha value is -4.20. The predicted octanol–water partition coefficient (Wildman–Crippen LogP) is 11.0. The summed E-state index contributed by atoms with van der Waals surface area (Å²) in [7, 11) is 0. The van der Waals surface area contributed by atoms with E-state index in [1.807, 2.05) is 11.3 Å². The normalized spacial score (nSPS) is 14.3. The number of hydrogen-bond acceptors (Lipinski definition) is 1. The van der Waals surface area contributed by atoms with Gasteiger partial charge in [-0.3, -0.25) is 0 Å². The molecule has 0 fully saturated rings. The van der Waals surface area contributed by atoms with Gasteiger partial charge in [-0.1, -0.05) is 98.8 Å². The summed E-state index contributed by atoms with van der Waals surface area (Å²) in [5, 5.41) is 13.4. The predicted molar refractivity (Wildman–Crippen MR) is 167 cm³/mol. The Morgan fingerprint density at radius 2 is 1.13 bits per heavy atom. The van der Waals surface area contributed by atoms with Gasteiger partial charge in [0.1, 0.15) is 0 Å². The third kappa shape index (κ3) is 2.50. The molecule has 0 unspecified atom stereocenters. The summed E-state index contributed by atoms with van der Waals surface area (Å²) in [6.45, 7) is 4.74. The van der Waals surface area contributed by atoms with Crippen molar-refractivity contribution in [1.82, 2.24) is 0 Å². The van der Waals surface area contributed by atoms with Crippen LogP contribution in [0.2, 0.25) is 0 Å². The summed E-state index contributed by atoms with van der Waals surface area (Å²) in [6, 6.07) is 41.2. The average molecular weight is 501 g/mol. The van der Waals surface area contributed by atoms with E-state index in [1.165, 1.54) is 85.5 Å². The minimum absolute atomic E-state index is 0.0202. The van der Waals surface area contributed by atoms with Crippen molar-refractivity contribution < 1.29 is 0 Å². The van der Waals surface area contributed by atoms with E-state index >= 15 is 0 Å². The molecule has 7 aromatic carbocycles. The topological polar surface area (TPSA) is 0 Å². The fourth-order valence-corrected chi connectivity index (χ4v) is 8.33. The fraction of sp³-hybridized carbons (Fsp3) is 0.0811. The van der Waals surface area contributed by atoms with Crippen molar-refractivity contribution in [2.75, 3.05) is 0 Å². The van der Waals surface area contributed by atoms with Crippen molar-refractivity contribution >= 4 is 74.6 Å². The van der Waals surface area contributed by atoms with E-state index < -0.39 is 0 Å². The Bertz CT molecular complexity index is 2310. The van der Waals surface area contributed by atoms with Gasteiger partial charge in [0.25, 0.3) is 0 Å². The molecule has 9 rings (SSSR count). The minimum Gasteiger partial charge on any atom is -0.135 e. The van der Waals surface area contributed by atoms with Gasteiger partial charge in [-0.25, -0.2) is 0 Å². The van der Waals surface area contributed by atoms with Crippen molar-refractivity contribution in [1.29, 1.82) is 0 Å². The van der Waals surface area contributed by atoms with Crippen LogP contribution in [-0.2, 0) is 5.41 Å². The molecule has 0 nitrogen and oxygen atoms in total. The third-order valence-corrected chi connectivity index (χ3v) is 10.1. The number of rotatable bonds is 0. The zero-order valence-corrected chi connectivity index (χ0v) is 22.1. The summed E-state index contributed by atoms with van der Waals surface area (Å²) in [6.07, 6.45) is 0. The summed E-state index contributed by atoms with van der Waals surface area (Å²) >= 11 is 1.94. The second-order valence-electron chi connectivity index (χ2n) is 11.3. The molecule has 1 heteroatoms. The van der Waals surface area contributed by atoms with Gasteiger partial charge < -0.3 is 0 Å². The van der Waals surface area contributed by atoms with Crippen molar-refractivity contribution in [3.8, 4) is 11.1 Å². The molecule has 0 aliphatic heterocycles. The fourth-order valence-electron chi connectivity index (χ4n) is 7.18. The van der Waals surface area contributed by atoms with Gasteiger partial charge in [0, 0.05) is 25.6 Å². The maximum atomic E-state index is 2.48. The lowest BCUT2D eigenvalue weighted by atomic mass is 9.82. The van der Waals surface area contributed by atoms with E-state index in [1.54, 1.807) is 0 Å². The molecule has 0 saturated heterocycles. The summed E-state index contributed by atoms with van der Waals surface area (Å²) < 4.78 is 2.75. The minimum atomic E-state index is 0.0202. The molecule has 0 bridgehead atoms. The number of thiophene rings is 1. The molecule has 0 amide bonds. The molecule has 1 aromatic heterocycles. The molecule has 0 spiro atoms. The second kappa shape index (κ2) is 7.01. The molecule has 178 valence electrons. The number of hydrogen-bond donors (Lipinski definition) is 0. The lowest BCUT2D eigenvalue weighted by Crippen LogP contribution is -2.14. The number of fused-ring (bicyclic) bond motifs is 14. The molecule has 1 aliphatic carbocycles. The van der Waals surface area contributed by atoms with E-state index in [4.69, 9.17) is 0 Å². The molecule has 1 aliphatic rings. The molecular weight excluding hydrogens is 476 g/mol. The van der Waals surface area contributed by atoms with Gasteiger partial charge in [-0.15, -0.1) is 11.3 Å². The Balaban J connectivity index is 1.47. The highest BCUT2D eigenvalue weighted by Crippen LogP contribution is 2.52. The van der Waals surface area contributed by atoms with Crippen molar-refractivity contribution in [3.63, 3.8) is 0 Å². The van der Waals surface area contributed by atoms with Crippen LogP contribution in [0.1, 0.15) is 25.0 Å². The van der Waals surface area contributed by atoms with E-state index in [9.17, 15) is 0 Å². The lowest BCUT2D eigenvalue weighted by molar-refractivity contribution is 0.661. The highest BCUT2D eigenvalue weighted by Gasteiger charge is 2.35. The summed E-state index contributed by atoms with van der Waals surface area (Å²) in [5.74, 6) is 0. The van der Waals surface area contributed by atoms with Gasteiger partial charge >= 0.3 is 0 Å². The molecule has 0 radical (unpaired) electrons. The van der Waals surface area contributed by atoms with Crippen LogP contribution in [0.5, 0.6) is 0 Å². The van der Waals surface area contributed by atoms with E-state index in [0.29, 0.717) is 0 Å². The monoisotopic (exact) mass is 500 g/mol. The highest BCUT2D eigenvalue weighted by molar-refractivity contribution is 7.26. The second-order valence-corrected chi connectivity index (χ2v) is 12.4. The first-order valence-corrected chi connectivity index (χ1v) is 14.2. The van der Waals surface area contributed by atoms with E-state index in [2.05, 4.69) is 123 Å². The van der Waals surface area contributed by atoms with Crippen LogP contribution in [-0.4, -0.2) is 0 Å². The first-order chi connectivity index (χ1) is 18.6. The van der Waals surface area contributed by atoms with Crippen LogP contribution < -0.4 is 0 Å². The number of benzene rings is 7. The Morgan fingerprint density at radius 3 is 2.00 bits per heavy atom. The third-order valence-electron chi connectivity index (χ3n) is 9.02. The maximum absolute atomic E-state index is 2.48. The summed E-state index contributed by atoms with van der Waals surface area (Å²) in [4.78, 5) is 0. The van der Waals surface area contributed by atoms with Gasteiger partial charge in [0.2, 0.25) is 0 Å². The SMILES string of the molecule is CC1(C)c2ccccc2-c2cc3c(cc21)sc1cc2c(cc13)c1ccccc1c1ccc3ccccc3c12. The Kier molecular flexibility index (Phi) is 3.84. The van der Waals surface area contributed by atoms with Crippen LogP contribution in [0.15, 0.2) is 109 Å². The van der Waals surface area contributed by atoms with Crippen molar-refractivity contribution in [2.45, 2.75) is 19.3 Å². The molecule has 38 heavy (non-hydrogen) atoms. The van der Waals surface area contributed by atoms with Gasteiger partial charge in [-0.05, 0) is 89.6 Å². The quantitative estimate of drug-likeness (QED) is 0.182. The van der Waals surface area contributed by atoms with Crippen LogP contribution in [0.3, 0.4) is 0 Å². The largest absolute Gasteiger partial charge is 0.135 e. The van der Waals surface area contributed by atoms with Crippen LogP contribution in [0.25, 0.3) is 74.4 Å². The van der Waals surface area contributed by atoms with Crippen LogP contribution >= 0.6 is 11.3 Å². The molecule has 1 heterocycles. The van der Waals surface area contributed by atoms with Gasteiger partial charge in [0.05, 0.1) is 0 Å². The summed E-state index contributed by atoms with van der Waals surface area (Å²) in [5.41, 5.74) is 5.69. The van der Waals surface area contributed by atoms with Crippen molar-refractivity contribution in [3.05, 3.63) is 120 Å². The molecule has 0 N–H and O–H groups in total. The first kappa shape index (κ1) is 20.8. The molecule has 0 saturated carbocycles. The maximum Gasteiger partial charge on any atom is 0.0362 e. The van der Waals surface area contributed by atoms with Crippen LogP contribution in [0, 0.1) is 0 Å². The Morgan fingerprint density at radius 1 is 0.447 bits per heavy atom. The average Bonchev–Trinajstić information content (AvgIpc) is 3.42. The van der Waals surface area contributed by atoms with E-state index in [-0.39, 0.29) is 5.41 Å². The Labute approximate surface area is 224 Å². The zero-order chi connectivity index (χ0) is 25.2. The van der Waals surface area contributed by atoms with Crippen LogP contribution in [0.4, 0.5) is 0 Å². The highest BCUT2D eigenvalue weighted by atomic mass is 32.1.